The smallest absolute Gasteiger partial charge is 0.264 e. The van der Waals surface area contributed by atoms with E-state index in [0.29, 0.717) is 13.1 Å². The highest BCUT2D eigenvalue weighted by Gasteiger charge is 2.15. The van der Waals surface area contributed by atoms with E-state index in [1.54, 1.807) is 17.7 Å². The van der Waals surface area contributed by atoms with E-state index in [1.165, 1.54) is 0 Å². The van der Waals surface area contributed by atoms with Crippen molar-refractivity contribution in [1.29, 1.82) is 0 Å². The number of fused-ring (bicyclic) bond motifs is 1. The molecule has 128 valence electrons. The summed E-state index contributed by atoms with van der Waals surface area (Å²) in [5.41, 5.74) is 1.63. The number of ether oxygens (including phenoxy) is 1. The third kappa shape index (κ3) is 3.40. The minimum Gasteiger partial charge on any atom is -0.497 e. The van der Waals surface area contributed by atoms with Crippen LogP contribution in [-0.2, 0) is 6.54 Å². The zero-order valence-corrected chi connectivity index (χ0v) is 14.3. The molecular formula is C20H20N2O3. The molecule has 0 bridgehead atoms. The molecule has 5 heteroatoms. The summed E-state index contributed by atoms with van der Waals surface area (Å²) in [5.74, 6) is 0.416. The second-order valence-electron chi connectivity index (χ2n) is 5.72. The molecule has 1 amide bonds. The Kier molecular flexibility index (Phi) is 4.84. The molecule has 0 aliphatic rings. The summed E-state index contributed by atoms with van der Waals surface area (Å²) >= 11 is 0. The number of pyridine rings is 1. The van der Waals surface area contributed by atoms with Crippen molar-refractivity contribution in [2.45, 2.75) is 13.5 Å². The number of hydrogen-bond donors (Lipinski definition) is 1. The SMILES string of the molecule is CCNC(=O)c1cc2ccccc2n(Cc2ccc(OC)cc2)c1=O. The zero-order valence-electron chi connectivity index (χ0n) is 14.3. The van der Waals surface area contributed by atoms with Crippen LogP contribution in [0.1, 0.15) is 22.8 Å². The molecule has 1 heterocycles. The number of aromatic nitrogens is 1. The van der Waals surface area contributed by atoms with Gasteiger partial charge in [-0.2, -0.15) is 0 Å². The van der Waals surface area contributed by atoms with E-state index in [9.17, 15) is 9.59 Å². The van der Waals surface area contributed by atoms with E-state index >= 15 is 0 Å². The van der Waals surface area contributed by atoms with Crippen molar-refractivity contribution < 1.29 is 9.53 Å². The fraction of sp³-hybridized carbons (Fsp3) is 0.200. The maximum absolute atomic E-state index is 12.9. The Bertz CT molecular complexity index is 959. The molecule has 3 rings (SSSR count). The normalized spacial score (nSPS) is 10.6. The molecule has 0 fully saturated rings. The molecular weight excluding hydrogens is 316 g/mol. The average molecular weight is 336 g/mol. The number of methoxy groups -OCH3 is 1. The third-order valence-electron chi connectivity index (χ3n) is 4.08. The Labute approximate surface area is 145 Å². The predicted molar refractivity (Wildman–Crippen MR) is 98.3 cm³/mol. The number of carbonyl (C=O) groups excluding carboxylic acids is 1. The topological polar surface area (TPSA) is 60.3 Å². The molecule has 5 nitrogen and oxygen atoms in total. The molecule has 0 unspecified atom stereocenters. The number of nitrogens with one attached hydrogen (secondary N) is 1. The molecule has 0 saturated heterocycles. The lowest BCUT2D eigenvalue weighted by Gasteiger charge is -2.13. The molecule has 0 spiro atoms. The van der Waals surface area contributed by atoms with E-state index in [0.717, 1.165) is 22.2 Å². The summed E-state index contributed by atoms with van der Waals surface area (Å²) in [5, 5.41) is 3.56. The van der Waals surface area contributed by atoms with Crippen molar-refractivity contribution in [2.24, 2.45) is 0 Å². The van der Waals surface area contributed by atoms with Crippen molar-refractivity contribution in [2.75, 3.05) is 13.7 Å². The van der Waals surface area contributed by atoms with Gasteiger partial charge in [-0.25, -0.2) is 0 Å². The maximum atomic E-state index is 12.9. The van der Waals surface area contributed by atoms with Gasteiger partial charge in [0.2, 0.25) is 0 Å². The predicted octanol–water partition coefficient (Wildman–Crippen LogP) is 2.81. The summed E-state index contributed by atoms with van der Waals surface area (Å²) in [4.78, 5) is 25.2. The van der Waals surface area contributed by atoms with Gasteiger partial charge in [0.1, 0.15) is 11.3 Å². The number of nitrogens with zero attached hydrogens (tertiary/aromatic N) is 1. The van der Waals surface area contributed by atoms with Crippen molar-refractivity contribution in [3.05, 3.63) is 76.1 Å². The number of para-hydroxylation sites is 1. The van der Waals surface area contributed by atoms with Gasteiger partial charge in [-0.3, -0.25) is 9.59 Å². The van der Waals surface area contributed by atoms with E-state index in [4.69, 9.17) is 4.74 Å². The van der Waals surface area contributed by atoms with E-state index in [-0.39, 0.29) is 17.0 Å². The fourth-order valence-electron chi connectivity index (χ4n) is 2.82. The Balaban J connectivity index is 2.12. The number of hydrogen-bond acceptors (Lipinski definition) is 3. The van der Waals surface area contributed by atoms with E-state index in [2.05, 4.69) is 5.32 Å². The molecule has 0 radical (unpaired) electrons. The van der Waals surface area contributed by atoms with Crippen molar-refractivity contribution >= 4 is 16.8 Å². The first-order valence-electron chi connectivity index (χ1n) is 8.17. The van der Waals surface area contributed by atoms with Crippen LogP contribution in [0.15, 0.2) is 59.4 Å². The van der Waals surface area contributed by atoms with Crippen molar-refractivity contribution in [3.63, 3.8) is 0 Å². The summed E-state index contributed by atoms with van der Waals surface area (Å²) in [6.07, 6.45) is 0. The van der Waals surface area contributed by atoms with Gasteiger partial charge in [0, 0.05) is 6.54 Å². The van der Waals surface area contributed by atoms with Gasteiger partial charge in [-0.1, -0.05) is 30.3 Å². The number of rotatable bonds is 5. The maximum Gasteiger partial charge on any atom is 0.264 e. The lowest BCUT2D eigenvalue weighted by molar-refractivity contribution is 0.0954. The molecule has 25 heavy (non-hydrogen) atoms. The highest BCUT2D eigenvalue weighted by Crippen LogP contribution is 2.17. The lowest BCUT2D eigenvalue weighted by Crippen LogP contribution is -2.33. The van der Waals surface area contributed by atoms with Gasteiger partial charge in [0.05, 0.1) is 19.2 Å². The van der Waals surface area contributed by atoms with Gasteiger partial charge in [0.15, 0.2) is 0 Å². The molecule has 3 aromatic rings. The Morgan fingerprint density at radius 2 is 1.84 bits per heavy atom. The fourth-order valence-corrected chi connectivity index (χ4v) is 2.82. The van der Waals surface area contributed by atoms with Crippen LogP contribution in [0.2, 0.25) is 0 Å². The summed E-state index contributed by atoms with van der Waals surface area (Å²) in [7, 11) is 1.61. The number of benzene rings is 2. The monoisotopic (exact) mass is 336 g/mol. The molecule has 0 saturated carbocycles. The molecule has 0 aliphatic heterocycles. The summed E-state index contributed by atoms with van der Waals surface area (Å²) < 4.78 is 6.81. The lowest BCUT2D eigenvalue weighted by atomic mass is 10.1. The average Bonchev–Trinajstić information content (AvgIpc) is 2.64. The first-order chi connectivity index (χ1) is 12.1. The third-order valence-corrected chi connectivity index (χ3v) is 4.08. The van der Waals surface area contributed by atoms with Crippen LogP contribution >= 0.6 is 0 Å². The second-order valence-corrected chi connectivity index (χ2v) is 5.72. The van der Waals surface area contributed by atoms with Crippen LogP contribution in [0.3, 0.4) is 0 Å². The van der Waals surface area contributed by atoms with Gasteiger partial charge >= 0.3 is 0 Å². The van der Waals surface area contributed by atoms with E-state index in [1.807, 2.05) is 55.5 Å². The Morgan fingerprint density at radius 3 is 2.52 bits per heavy atom. The van der Waals surface area contributed by atoms with Crippen LogP contribution in [0.4, 0.5) is 0 Å². The van der Waals surface area contributed by atoms with Crippen molar-refractivity contribution in [1.82, 2.24) is 9.88 Å². The number of amides is 1. The summed E-state index contributed by atoms with van der Waals surface area (Å²) in [6, 6.07) is 16.8. The standard InChI is InChI=1S/C20H20N2O3/c1-3-21-19(23)17-12-15-6-4-5-7-18(15)22(20(17)24)13-14-8-10-16(25-2)11-9-14/h4-12H,3,13H2,1-2H3,(H,21,23). The molecule has 1 N–H and O–H groups in total. The van der Waals surface area contributed by atoms with Gasteiger partial charge in [0.25, 0.3) is 11.5 Å². The highest BCUT2D eigenvalue weighted by atomic mass is 16.5. The zero-order chi connectivity index (χ0) is 17.8. The minimum absolute atomic E-state index is 0.161. The van der Waals surface area contributed by atoms with Crippen LogP contribution in [-0.4, -0.2) is 24.1 Å². The first kappa shape index (κ1) is 16.8. The van der Waals surface area contributed by atoms with Crippen LogP contribution in [0, 0.1) is 0 Å². The van der Waals surface area contributed by atoms with E-state index < -0.39 is 0 Å². The summed E-state index contributed by atoms with van der Waals surface area (Å²) in [6.45, 7) is 2.69. The second kappa shape index (κ2) is 7.21. The molecule has 1 aromatic heterocycles. The highest BCUT2D eigenvalue weighted by molar-refractivity contribution is 5.97. The quantitative estimate of drug-likeness (QED) is 0.779. The minimum atomic E-state index is -0.346. The molecule has 0 atom stereocenters. The van der Waals surface area contributed by atoms with Crippen LogP contribution in [0.25, 0.3) is 10.9 Å². The Hall–Kier alpha value is -3.08. The first-order valence-corrected chi connectivity index (χ1v) is 8.17. The molecule has 0 aliphatic carbocycles. The van der Waals surface area contributed by atoms with Crippen LogP contribution < -0.4 is 15.6 Å². The largest absolute Gasteiger partial charge is 0.497 e. The van der Waals surface area contributed by atoms with Crippen LogP contribution in [0.5, 0.6) is 5.75 Å². The Morgan fingerprint density at radius 1 is 1.12 bits per heavy atom. The van der Waals surface area contributed by atoms with Gasteiger partial charge < -0.3 is 14.6 Å². The number of carbonyl (C=O) groups is 1. The molecule has 2 aromatic carbocycles. The van der Waals surface area contributed by atoms with Crippen molar-refractivity contribution in [3.8, 4) is 5.75 Å². The van der Waals surface area contributed by atoms with Gasteiger partial charge in [-0.15, -0.1) is 0 Å². The van der Waals surface area contributed by atoms with Gasteiger partial charge in [-0.05, 0) is 42.1 Å².